The van der Waals surface area contributed by atoms with Gasteiger partial charge in [0.25, 0.3) is 0 Å². The zero-order valence-electron chi connectivity index (χ0n) is 83.2. The zero-order valence-corrected chi connectivity index (χ0v) is 85.7. The minimum atomic E-state index is -5.08. The number of fused-ring (bicyclic) bond motifs is 8. The molecule has 8 N–H and O–H groups in total. The SMILES string of the molecule is CC(C)(C)OC(=O)n1nc(-c2cc3cc(OCCBr)ccc3n2C(=O)OC(C)(C)C)c2cc(OCc3ccccc3)ccc21.COP(C)(=O)Oc1ccc2[nH]nc(-c3cc4cc(OCCN5CCCCC5)ccc4[nH]3)c2c1.O=C(O)C(F)(F)F.Oc1ccc2[nH]nc(-c3cc4cc(OCCN5CCCCC5)ccc4[nH]3)c2c1.c1ccc(COc2ccc3[nH]nc(-c4cc5cc(OCCN6CCCCC6)ccc5[nH]4)c3c2)cc1. The number of aromatic amines is 6. The summed E-state index contributed by atoms with van der Waals surface area (Å²) in [6.45, 7) is 25.8. The minimum Gasteiger partial charge on any atom is -0.508 e. The molecule has 3 fully saturated rings. The van der Waals surface area contributed by atoms with Crippen LogP contribution in [0.1, 0.15) is 110 Å². The molecule has 0 spiro atoms. The lowest BCUT2D eigenvalue weighted by molar-refractivity contribution is -0.192. The molecule has 768 valence electrons. The van der Waals surface area contributed by atoms with Crippen LogP contribution >= 0.6 is 23.5 Å². The second-order valence-electron chi connectivity index (χ2n) is 38.3. The fourth-order valence-electron chi connectivity index (χ4n) is 17.8. The largest absolute Gasteiger partial charge is 0.508 e. The van der Waals surface area contributed by atoms with Crippen molar-refractivity contribution in [3.05, 3.63) is 242 Å². The van der Waals surface area contributed by atoms with Crippen LogP contribution in [0.15, 0.2) is 231 Å². The second kappa shape index (κ2) is 46.8. The molecular weight excluding hydrogens is 1970 g/mol. The van der Waals surface area contributed by atoms with Gasteiger partial charge in [-0.1, -0.05) is 95.9 Å². The van der Waals surface area contributed by atoms with Gasteiger partial charge in [-0.15, -0.1) is 0 Å². The number of nitrogens with zero attached hydrogens (tertiary/aromatic N) is 9. The fraction of sp³-hybridized carbons (Fsp3) is 0.324. The number of carbonyl (C=O) groups is 3. The van der Waals surface area contributed by atoms with Crippen LogP contribution in [0.5, 0.6) is 46.0 Å². The lowest BCUT2D eigenvalue weighted by Gasteiger charge is -2.26. The lowest BCUT2D eigenvalue weighted by Crippen LogP contribution is -2.33. The molecule has 36 heteroatoms. The normalized spacial score (nSPS) is 14.3. The number of phenols is 1. The summed E-state index contributed by atoms with van der Waals surface area (Å²) in [5.41, 5.74) is 13.7. The zero-order chi connectivity index (χ0) is 103. The number of aromatic hydroxyl groups is 1. The number of phenolic OH excluding ortho intramolecular Hbond substituents is 1. The Labute approximate surface area is 855 Å². The Morgan fingerprint density at radius 1 is 0.408 bits per heavy atom. The lowest BCUT2D eigenvalue weighted by atomic mass is 10.1. The van der Waals surface area contributed by atoms with E-state index in [2.05, 4.69) is 137 Å². The van der Waals surface area contributed by atoms with Crippen molar-refractivity contribution >= 4 is 129 Å². The van der Waals surface area contributed by atoms with Crippen molar-refractivity contribution in [3.63, 3.8) is 0 Å². The summed E-state index contributed by atoms with van der Waals surface area (Å²) in [6, 6.07) is 74.1. The Hall–Kier alpha value is -14.6. The quantitative estimate of drug-likeness (QED) is 0.0167. The van der Waals surface area contributed by atoms with Gasteiger partial charge in [0.15, 0.2) is 0 Å². The molecule has 3 aliphatic rings. The fourth-order valence-corrected chi connectivity index (χ4v) is 18.5. The number of hydrogen-bond donors (Lipinski definition) is 8. The van der Waals surface area contributed by atoms with E-state index in [1.54, 1.807) is 51.1 Å². The maximum Gasteiger partial charge on any atom is 0.490 e. The number of H-pyrrole nitrogens is 6. The van der Waals surface area contributed by atoms with Crippen LogP contribution in [-0.4, -0.2) is 225 Å². The number of ether oxygens (including phenoxy) is 8. The third-order valence-electron chi connectivity index (χ3n) is 25.0. The Bertz CT molecular complexity index is 7630. The number of carboxylic acids is 1. The Morgan fingerprint density at radius 2 is 0.769 bits per heavy atom. The van der Waals surface area contributed by atoms with E-state index < -0.39 is 43.1 Å². The molecule has 0 amide bonds. The monoisotopic (exact) mass is 2090 g/mol. The van der Waals surface area contributed by atoms with Crippen LogP contribution < -0.4 is 32.9 Å². The molecule has 3 aliphatic heterocycles. The summed E-state index contributed by atoms with van der Waals surface area (Å²) in [4.78, 5) is 53.8. The molecule has 0 saturated carbocycles. The molecule has 8 aromatic heterocycles. The number of rotatable bonds is 28. The first-order chi connectivity index (χ1) is 70.8. The molecule has 3 saturated heterocycles. The van der Waals surface area contributed by atoms with E-state index >= 15 is 0 Å². The molecular formula is C111H120BrF3N15O16P. The van der Waals surface area contributed by atoms with Crippen molar-refractivity contribution in [1.82, 2.24) is 74.6 Å². The van der Waals surface area contributed by atoms with Crippen LogP contribution in [0, 0.1) is 0 Å². The second-order valence-corrected chi connectivity index (χ2v) is 41.2. The van der Waals surface area contributed by atoms with Crippen molar-refractivity contribution in [2.24, 2.45) is 0 Å². The van der Waals surface area contributed by atoms with E-state index in [9.17, 15) is 32.4 Å². The first-order valence-electron chi connectivity index (χ1n) is 49.2. The number of carbonyl (C=O) groups excluding carboxylic acids is 2. The molecule has 0 aliphatic carbocycles. The summed E-state index contributed by atoms with van der Waals surface area (Å²) in [7, 11) is -1.77. The number of halogens is 4. The molecule has 1 unspecified atom stereocenters. The van der Waals surface area contributed by atoms with Crippen molar-refractivity contribution in [3.8, 4) is 91.5 Å². The summed E-state index contributed by atoms with van der Waals surface area (Å²) in [6.07, 6.45) is 5.55. The highest BCUT2D eigenvalue weighted by Gasteiger charge is 2.38. The number of benzene rings is 10. The van der Waals surface area contributed by atoms with E-state index in [0.29, 0.717) is 83.4 Å². The van der Waals surface area contributed by atoms with E-state index in [1.165, 1.54) is 120 Å². The number of likely N-dealkylation sites (tertiary alicyclic amines) is 3. The maximum absolute atomic E-state index is 13.7. The van der Waals surface area contributed by atoms with Crippen LogP contribution in [0.25, 0.3) is 133 Å². The van der Waals surface area contributed by atoms with Gasteiger partial charge in [-0.25, -0.2) is 23.5 Å². The number of piperidine rings is 3. The Morgan fingerprint density at radius 3 is 1.18 bits per heavy atom. The molecule has 0 radical (unpaired) electrons. The van der Waals surface area contributed by atoms with E-state index in [1.807, 2.05) is 160 Å². The highest BCUT2D eigenvalue weighted by atomic mass is 79.9. The van der Waals surface area contributed by atoms with Crippen LogP contribution in [-0.2, 0) is 36.6 Å². The maximum atomic E-state index is 13.7. The van der Waals surface area contributed by atoms with E-state index in [0.717, 1.165) is 165 Å². The molecule has 0 bridgehead atoms. The topological polar surface area (TPSA) is 367 Å². The van der Waals surface area contributed by atoms with Gasteiger partial charge in [-0.2, -0.15) is 38.2 Å². The molecule has 147 heavy (non-hydrogen) atoms. The number of hydrogen-bond acceptors (Lipinski definition) is 22. The molecule has 11 heterocycles. The highest BCUT2D eigenvalue weighted by molar-refractivity contribution is 9.09. The van der Waals surface area contributed by atoms with Gasteiger partial charge in [0.05, 0.1) is 57.0 Å². The number of carboxylic acid groups (broad SMARTS) is 1. The van der Waals surface area contributed by atoms with E-state index in [-0.39, 0.29) is 5.75 Å². The average molecular weight is 2090 g/mol. The van der Waals surface area contributed by atoms with Crippen molar-refractivity contribution in [2.45, 2.75) is 130 Å². The number of nitrogens with one attached hydrogen (secondary N) is 6. The average Bonchev–Trinajstić information content (AvgIpc) is 1.58. The van der Waals surface area contributed by atoms with Gasteiger partial charge >= 0.3 is 31.9 Å². The first-order valence-corrected chi connectivity index (χ1v) is 52.4. The predicted molar refractivity (Wildman–Crippen MR) is 569 cm³/mol. The van der Waals surface area contributed by atoms with E-state index in [4.69, 9.17) is 61.9 Å². The number of alkyl halides is 4. The van der Waals surface area contributed by atoms with Crippen molar-refractivity contribution in [1.29, 1.82) is 0 Å². The summed E-state index contributed by atoms with van der Waals surface area (Å²) < 4.78 is 105. The van der Waals surface area contributed by atoms with Crippen LogP contribution in [0.3, 0.4) is 0 Å². The molecule has 21 rings (SSSR count). The Balaban J connectivity index is 0.000000132. The van der Waals surface area contributed by atoms with Crippen LogP contribution in [0.2, 0.25) is 0 Å². The van der Waals surface area contributed by atoms with Crippen LogP contribution in [0.4, 0.5) is 22.8 Å². The summed E-state index contributed by atoms with van der Waals surface area (Å²) in [5, 5.41) is 52.5. The Kier molecular flexibility index (Phi) is 33.1. The van der Waals surface area contributed by atoms with Gasteiger partial charge in [-0.05, 0) is 300 Å². The standard InChI is InChI=1S/C34H36BrN3O6.C29H30N4O2.C24H29N4O4P.C22H24N4O2.C2HF3O2/c1-33(2,3)43-31(39)37-27-14-12-24(41-17-16-35)18-23(27)19-29(37)30-26-20-25(42-21-22-10-8-7-9-11-22)13-15-28(26)38(36-30)32(40)44-34(4,5)6;1-3-7-21(8-4-1)20-35-24-10-12-27-25(19-24)29(32-31-27)28-18-22-17-23(9-11-26(22)30-28)34-16-15-33-13-5-2-6-14-33;1-30-33(2,29)32-19-7-9-22-20(16-19)24(27-26-22)23-15-17-14-18(6-8-21(17)25-23)31-13-12-28-10-4-3-5-11-28;27-16-4-6-20-18(14-16)22(25-24-20)21-13-15-12-17(5-7-19(15)23-21)28-11-10-26-8-2-1-3-9-26;3-2(4,5)1(6)7/h7-15,18-20H,16-17,21H2,1-6H3;1,3-4,7-12,17-19,30H,2,5-6,13-16,20H2,(H,31,32);6-9,14-16,25H,3-5,10-13H2,1-2H3,(H,26,27);4-7,12-14,23,27H,1-3,8-11H2,(H,24,25);(H,6,7). The van der Waals surface area contributed by atoms with Gasteiger partial charge in [0, 0.05) is 98.4 Å². The predicted octanol–water partition coefficient (Wildman–Crippen LogP) is 25.1. The van der Waals surface area contributed by atoms with Crippen molar-refractivity contribution in [2.75, 3.05) is 104 Å². The third-order valence-corrected chi connectivity index (χ3v) is 26.6. The molecule has 10 aromatic carbocycles. The van der Waals surface area contributed by atoms with Crippen molar-refractivity contribution < 1.29 is 89.3 Å². The first kappa shape index (κ1) is 104. The molecule has 18 aromatic rings. The minimum absolute atomic E-state index is 0.232. The highest BCUT2D eigenvalue weighted by Crippen LogP contribution is 2.46. The van der Waals surface area contributed by atoms with Gasteiger partial charge in [-0.3, -0.25) is 30.0 Å². The summed E-state index contributed by atoms with van der Waals surface area (Å²) in [5.74, 6) is 2.67. The third kappa shape index (κ3) is 27.2. The van der Waals surface area contributed by atoms with Gasteiger partial charge in [0.1, 0.15) is 113 Å². The smallest absolute Gasteiger partial charge is 0.490 e. The number of aromatic nitrogens is 12. The number of aliphatic carboxylic acids is 1. The summed E-state index contributed by atoms with van der Waals surface area (Å²) >= 11 is 3.39. The van der Waals surface area contributed by atoms with Gasteiger partial charge < -0.3 is 72.1 Å². The molecule has 31 nitrogen and oxygen atoms in total. The van der Waals surface area contributed by atoms with Gasteiger partial charge in [0.2, 0.25) is 0 Å². The molecule has 1 atom stereocenters.